The van der Waals surface area contributed by atoms with Crippen molar-refractivity contribution in [3.05, 3.63) is 35.5 Å². The summed E-state index contributed by atoms with van der Waals surface area (Å²) in [5.74, 6) is 0.112. The molecule has 1 fully saturated rings. The van der Waals surface area contributed by atoms with Crippen LogP contribution in [0.1, 0.15) is 34.1 Å². The smallest absolute Gasteiger partial charge is 0.188 e. The molecule has 0 atom stereocenters. The van der Waals surface area contributed by atoms with E-state index in [0.717, 1.165) is 17.6 Å². The monoisotopic (exact) mass is 178 g/mol. The summed E-state index contributed by atoms with van der Waals surface area (Å²) in [5, 5.41) is 0. The van der Waals surface area contributed by atoms with Gasteiger partial charge in [-0.25, -0.2) is 0 Å². The molecule has 1 saturated carbocycles. The molecule has 0 aliphatic heterocycles. The van der Waals surface area contributed by atoms with Crippen LogP contribution in [0.5, 0.6) is 0 Å². The molecule has 0 saturated heterocycles. The second kappa shape index (κ2) is 5.52. The fourth-order valence-electron chi connectivity index (χ4n) is 1.32. The van der Waals surface area contributed by atoms with Crippen molar-refractivity contribution >= 4 is 5.78 Å². The Labute approximate surface area is 80.8 Å². The Hall–Kier alpha value is -1.11. The van der Waals surface area contributed by atoms with Crippen molar-refractivity contribution in [2.45, 2.75) is 34.1 Å². The summed E-state index contributed by atoms with van der Waals surface area (Å²) in [7, 11) is 0. The second-order valence-corrected chi connectivity index (χ2v) is 2.63. The molecule has 0 aromatic rings. The highest BCUT2D eigenvalue weighted by atomic mass is 16.1. The van der Waals surface area contributed by atoms with Crippen molar-refractivity contribution < 1.29 is 4.79 Å². The maximum atomic E-state index is 11.3. The van der Waals surface area contributed by atoms with E-state index in [4.69, 9.17) is 0 Å². The van der Waals surface area contributed by atoms with Crippen LogP contribution in [-0.4, -0.2) is 5.78 Å². The number of carbonyl (C=O) groups excluding carboxylic acids is 1. The first-order valence-electron chi connectivity index (χ1n) is 4.75. The van der Waals surface area contributed by atoms with Gasteiger partial charge in [0.15, 0.2) is 5.78 Å². The van der Waals surface area contributed by atoms with E-state index in [9.17, 15) is 4.79 Å². The molecule has 0 aromatic carbocycles. The lowest BCUT2D eigenvalue weighted by molar-refractivity contribution is -0.111. The molecule has 72 valence electrons. The lowest BCUT2D eigenvalue weighted by Crippen LogP contribution is -1.93. The summed E-state index contributed by atoms with van der Waals surface area (Å²) in [6.45, 7) is 11.5. The second-order valence-electron chi connectivity index (χ2n) is 2.63. The predicted octanol–water partition coefficient (Wildman–Crippen LogP) is 3.43. The first-order valence-corrected chi connectivity index (χ1v) is 4.75. The Morgan fingerprint density at radius 3 is 2.08 bits per heavy atom. The average Bonchev–Trinajstić information content (AvgIpc) is 2.46. The normalized spacial score (nSPS) is 22.2. The largest absolute Gasteiger partial charge is 0.289 e. The highest BCUT2D eigenvalue weighted by Gasteiger charge is 2.24. The van der Waals surface area contributed by atoms with E-state index < -0.39 is 0 Å². The first kappa shape index (κ1) is 11.9. The van der Waals surface area contributed by atoms with E-state index in [-0.39, 0.29) is 5.78 Å². The topological polar surface area (TPSA) is 17.1 Å². The molecule has 1 aliphatic rings. The zero-order chi connectivity index (χ0) is 10.4. The molecule has 1 rings (SSSR count). The van der Waals surface area contributed by atoms with Crippen LogP contribution in [0.3, 0.4) is 0 Å². The Morgan fingerprint density at radius 1 is 1.23 bits per heavy atom. The molecule has 0 spiro atoms. The Morgan fingerprint density at radius 2 is 1.77 bits per heavy atom. The first-order chi connectivity index (χ1) is 6.20. The summed E-state index contributed by atoms with van der Waals surface area (Å²) < 4.78 is 0. The third-order valence-electron chi connectivity index (χ3n) is 1.95. The summed E-state index contributed by atoms with van der Waals surface area (Å²) >= 11 is 0. The van der Waals surface area contributed by atoms with Gasteiger partial charge >= 0.3 is 0 Å². The molecule has 0 bridgehead atoms. The van der Waals surface area contributed by atoms with Crippen molar-refractivity contribution in [1.82, 2.24) is 0 Å². The minimum Gasteiger partial charge on any atom is -0.289 e. The zero-order valence-electron chi connectivity index (χ0n) is 8.98. The molecule has 1 heteroatoms. The molecule has 0 aromatic heterocycles. The van der Waals surface area contributed by atoms with Crippen molar-refractivity contribution in [2.75, 3.05) is 0 Å². The van der Waals surface area contributed by atoms with E-state index in [2.05, 4.69) is 6.58 Å². The average molecular weight is 178 g/mol. The quantitative estimate of drug-likeness (QED) is 0.519. The van der Waals surface area contributed by atoms with E-state index in [1.165, 1.54) is 0 Å². The van der Waals surface area contributed by atoms with Gasteiger partial charge in [-0.05, 0) is 25.0 Å². The lowest BCUT2D eigenvalue weighted by Gasteiger charge is -1.92. The maximum Gasteiger partial charge on any atom is 0.188 e. The van der Waals surface area contributed by atoms with Crippen molar-refractivity contribution in [3.8, 4) is 0 Å². The highest BCUT2D eigenvalue weighted by Crippen LogP contribution is 2.30. The Balaban J connectivity index is 0.000000671. The van der Waals surface area contributed by atoms with Gasteiger partial charge in [0.05, 0.1) is 0 Å². The molecule has 13 heavy (non-hydrogen) atoms. The summed E-state index contributed by atoms with van der Waals surface area (Å²) in [6, 6.07) is 0. The van der Waals surface area contributed by atoms with Crippen LogP contribution in [0.25, 0.3) is 0 Å². The zero-order valence-corrected chi connectivity index (χ0v) is 8.98. The van der Waals surface area contributed by atoms with Gasteiger partial charge < -0.3 is 0 Å². The van der Waals surface area contributed by atoms with Gasteiger partial charge in [-0.2, -0.15) is 0 Å². The lowest BCUT2D eigenvalue weighted by atomic mass is 10.1. The maximum absolute atomic E-state index is 11.3. The SMILES string of the molecule is C=C1CC(=C/C)/C(=C\C)C1=O.CC. The minimum absolute atomic E-state index is 0.112. The fourth-order valence-corrected chi connectivity index (χ4v) is 1.32. The number of carbonyl (C=O) groups is 1. The molecular weight excluding hydrogens is 160 g/mol. The van der Waals surface area contributed by atoms with Gasteiger partial charge in [-0.3, -0.25) is 4.79 Å². The van der Waals surface area contributed by atoms with Gasteiger partial charge in [0.2, 0.25) is 0 Å². The standard InChI is InChI=1S/C10H12O.C2H6/c1-4-8-6-7(3)10(11)9(8)5-2;1-2/h4-5H,3,6H2,1-2H3;1-2H3/b8-4-,9-5+;. The predicted molar refractivity (Wildman–Crippen MR) is 57.6 cm³/mol. The third-order valence-corrected chi connectivity index (χ3v) is 1.95. The number of hydrogen-bond acceptors (Lipinski definition) is 1. The molecule has 0 radical (unpaired) electrons. The number of rotatable bonds is 0. The summed E-state index contributed by atoms with van der Waals surface area (Å²) in [4.78, 5) is 11.3. The molecule has 0 N–H and O–H groups in total. The van der Waals surface area contributed by atoms with Crippen LogP contribution in [0.4, 0.5) is 0 Å². The fraction of sp³-hybridized carbons (Fsp3) is 0.417. The van der Waals surface area contributed by atoms with E-state index in [1.54, 1.807) is 0 Å². The summed E-state index contributed by atoms with van der Waals surface area (Å²) in [6.07, 6.45) is 4.57. The Bertz CT molecular complexity index is 267. The van der Waals surface area contributed by atoms with Crippen molar-refractivity contribution in [2.24, 2.45) is 0 Å². The molecule has 1 aliphatic carbocycles. The number of ketones is 1. The minimum atomic E-state index is 0.112. The van der Waals surface area contributed by atoms with E-state index in [0.29, 0.717) is 5.57 Å². The number of Topliss-reactive ketones (excluding diaryl/α,β-unsaturated/α-hetero) is 1. The number of allylic oxidation sites excluding steroid dienone is 5. The van der Waals surface area contributed by atoms with Gasteiger partial charge in [-0.15, -0.1) is 0 Å². The van der Waals surface area contributed by atoms with Crippen molar-refractivity contribution in [1.29, 1.82) is 0 Å². The van der Waals surface area contributed by atoms with Crippen LogP contribution >= 0.6 is 0 Å². The van der Waals surface area contributed by atoms with Crippen LogP contribution in [0, 0.1) is 0 Å². The van der Waals surface area contributed by atoms with E-state index in [1.807, 2.05) is 39.8 Å². The molecule has 0 unspecified atom stereocenters. The molecular formula is C12H18O. The van der Waals surface area contributed by atoms with Crippen LogP contribution in [0.15, 0.2) is 35.5 Å². The van der Waals surface area contributed by atoms with Gasteiger partial charge in [0, 0.05) is 12.0 Å². The van der Waals surface area contributed by atoms with Gasteiger partial charge in [0.1, 0.15) is 0 Å². The molecule has 1 nitrogen and oxygen atoms in total. The van der Waals surface area contributed by atoms with E-state index >= 15 is 0 Å². The summed E-state index contributed by atoms with van der Waals surface area (Å²) in [5.41, 5.74) is 2.66. The molecule has 0 heterocycles. The number of hydrogen-bond donors (Lipinski definition) is 0. The van der Waals surface area contributed by atoms with Crippen molar-refractivity contribution in [3.63, 3.8) is 0 Å². The Kier molecular flexibility index (Phi) is 5.05. The van der Waals surface area contributed by atoms with Gasteiger partial charge in [0.25, 0.3) is 0 Å². The van der Waals surface area contributed by atoms with Crippen LogP contribution < -0.4 is 0 Å². The molecule has 0 amide bonds. The third kappa shape index (κ3) is 2.41. The van der Waals surface area contributed by atoms with Crippen LogP contribution in [-0.2, 0) is 4.79 Å². The van der Waals surface area contributed by atoms with Crippen LogP contribution in [0.2, 0.25) is 0 Å². The highest BCUT2D eigenvalue weighted by molar-refractivity contribution is 6.14. The van der Waals surface area contributed by atoms with Gasteiger partial charge in [-0.1, -0.05) is 32.6 Å².